The van der Waals surface area contributed by atoms with E-state index in [1.807, 2.05) is 0 Å². The van der Waals surface area contributed by atoms with Gasteiger partial charge in [-0.05, 0) is 116 Å². The van der Waals surface area contributed by atoms with Crippen molar-refractivity contribution in [2.24, 2.45) is 0 Å². The Kier molecular flexibility index (Phi) is 64.2. The van der Waals surface area contributed by atoms with E-state index in [2.05, 4.69) is 106 Å². The van der Waals surface area contributed by atoms with Crippen LogP contribution in [-0.4, -0.2) is 37.2 Å². The van der Waals surface area contributed by atoms with Crippen LogP contribution in [0.25, 0.3) is 0 Å². The Morgan fingerprint density at radius 1 is 0.266 bits per heavy atom. The molecule has 0 spiro atoms. The third kappa shape index (κ3) is 65.3. The van der Waals surface area contributed by atoms with Crippen LogP contribution in [0.5, 0.6) is 0 Å². The molecule has 0 aromatic heterocycles. The molecule has 79 heavy (non-hydrogen) atoms. The van der Waals surface area contributed by atoms with E-state index >= 15 is 0 Å². The summed E-state index contributed by atoms with van der Waals surface area (Å²) >= 11 is 0. The lowest BCUT2D eigenvalue weighted by molar-refractivity contribution is -0.167. The summed E-state index contributed by atoms with van der Waals surface area (Å²) < 4.78 is 17.0. The number of hydrogen-bond acceptors (Lipinski definition) is 6. The molecule has 0 saturated heterocycles. The van der Waals surface area contributed by atoms with Crippen molar-refractivity contribution in [2.75, 3.05) is 13.2 Å². The van der Waals surface area contributed by atoms with E-state index < -0.39 is 6.10 Å². The average molecular weight is 1100 g/mol. The first-order valence-corrected chi connectivity index (χ1v) is 34.1. The maximum absolute atomic E-state index is 12.9. The molecule has 0 rings (SSSR count). The van der Waals surface area contributed by atoms with Gasteiger partial charge in [0.1, 0.15) is 13.2 Å². The van der Waals surface area contributed by atoms with Gasteiger partial charge in [0, 0.05) is 19.3 Å². The number of carbonyl (C=O) groups excluding carboxylic acids is 3. The summed E-state index contributed by atoms with van der Waals surface area (Å²) in [6, 6.07) is 0. The lowest BCUT2D eigenvalue weighted by Crippen LogP contribution is -2.30. The predicted molar refractivity (Wildman–Crippen MR) is 344 cm³/mol. The van der Waals surface area contributed by atoms with Crippen LogP contribution in [0.1, 0.15) is 342 Å². The summed E-state index contributed by atoms with van der Waals surface area (Å²) in [5.74, 6) is -0.888. The zero-order valence-corrected chi connectivity index (χ0v) is 52.4. The first-order valence-electron chi connectivity index (χ1n) is 34.1. The van der Waals surface area contributed by atoms with Gasteiger partial charge in [-0.1, -0.05) is 292 Å². The highest BCUT2D eigenvalue weighted by Gasteiger charge is 2.19. The van der Waals surface area contributed by atoms with Crippen molar-refractivity contribution in [3.05, 3.63) is 85.1 Å². The van der Waals surface area contributed by atoms with Crippen LogP contribution in [0.4, 0.5) is 0 Å². The molecule has 0 radical (unpaired) electrons. The minimum absolute atomic E-state index is 0.0823. The number of hydrogen-bond donors (Lipinski definition) is 0. The maximum Gasteiger partial charge on any atom is 0.306 e. The molecule has 0 amide bonds. The molecule has 0 aromatic carbocycles. The van der Waals surface area contributed by atoms with Gasteiger partial charge in [0.15, 0.2) is 6.10 Å². The van der Waals surface area contributed by atoms with Crippen molar-refractivity contribution in [1.29, 1.82) is 0 Å². The Balaban J connectivity index is 4.31. The van der Waals surface area contributed by atoms with E-state index in [0.29, 0.717) is 19.3 Å². The number of ether oxygens (including phenoxy) is 3. The summed E-state index contributed by atoms with van der Waals surface area (Å²) in [6.07, 6.45) is 88.8. The molecule has 0 aliphatic carbocycles. The van der Waals surface area contributed by atoms with E-state index in [9.17, 15) is 14.4 Å². The van der Waals surface area contributed by atoms with Crippen molar-refractivity contribution in [3.63, 3.8) is 0 Å². The molecule has 0 saturated carbocycles. The van der Waals surface area contributed by atoms with Crippen LogP contribution < -0.4 is 0 Å². The van der Waals surface area contributed by atoms with Crippen LogP contribution >= 0.6 is 0 Å². The highest BCUT2D eigenvalue weighted by atomic mass is 16.6. The Bertz CT molecular complexity index is 1500. The van der Waals surface area contributed by atoms with Crippen LogP contribution in [0.3, 0.4) is 0 Å². The maximum atomic E-state index is 12.9. The fourth-order valence-electron chi connectivity index (χ4n) is 9.76. The standard InChI is InChI=1S/C73H128O6/c1-4-7-10-13-16-19-22-25-28-30-32-33-34-35-36-37-38-39-41-42-45-48-51-54-57-60-63-66-72(75)78-69-70(68-77-71(74)65-62-59-56-53-50-47-44-27-24-21-18-15-12-9-6-3)79-73(76)67-64-61-58-55-52-49-46-43-40-31-29-26-23-20-17-14-11-8-5-2/h9,12,18,21-22,25-27,29-30,32,34-35,44,70H,4-8,10-11,13-17,19-20,23-24,28,31,33,36-43,45-69H2,1-3H3/b12-9-,21-18-,25-22-,29-26-,32-30-,35-34-,44-27-. The molecule has 1 atom stereocenters. The summed E-state index contributed by atoms with van der Waals surface area (Å²) in [5.41, 5.74) is 0. The normalized spacial score (nSPS) is 12.6. The van der Waals surface area contributed by atoms with Crippen LogP contribution in [0.15, 0.2) is 85.1 Å². The highest BCUT2D eigenvalue weighted by molar-refractivity contribution is 5.71. The van der Waals surface area contributed by atoms with Crippen molar-refractivity contribution in [3.8, 4) is 0 Å². The molecule has 6 heteroatoms. The van der Waals surface area contributed by atoms with Gasteiger partial charge >= 0.3 is 17.9 Å². The molecule has 0 fully saturated rings. The fraction of sp³-hybridized carbons (Fsp3) is 0.767. The second-order valence-electron chi connectivity index (χ2n) is 22.7. The zero-order valence-electron chi connectivity index (χ0n) is 52.4. The minimum Gasteiger partial charge on any atom is -0.462 e. The first kappa shape index (κ1) is 75.6. The second-order valence-corrected chi connectivity index (χ2v) is 22.7. The molecule has 0 aliphatic heterocycles. The van der Waals surface area contributed by atoms with E-state index in [0.717, 1.165) is 109 Å². The van der Waals surface area contributed by atoms with E-state index in [1.54, 1.807) is 0 Å². The number of allylic oxidation sites excluding steroid dienone is 14. The quantitative estimate of drug-likeness (QED) is 0.0261. The topological polar surface area (TPSA) is 78.9 Å². The zero-order chi connectivity index (χ0) is 57.1. The summed E-state index contributed by atoms with van der Waals surface area (Å²) in [7, 11) is 0. The Morgan fingerprint density at radius 2 is 0.494 bits per heavy atom. The SMILES string of the molecule is CC/C=C\C/C=C\C/C=C\CCCCCCCC(=O)OCC(COC(=O)CCCCCCCCCCCCCC/C=C\C/C=C\C/C=C\CCCCCCC)OC(=O)CCCCCCCCCCC/C=C\CCCCCCCC. The van der Waals surface area contributed by atoms with Gasteiger partial charge in [-0.2, -0.15) is 0 Å². The average Bonchev–Trinajstić information content (AvgIpc) is 3.45. The third-order valence-corrected chi connectivity index (χ3v) is 14.9. The predicted octanol–water partition coefficient (Wildman–Crippen LogP) is 23.4. The molecular weight excluding hydrogens is 973 g/mol. The van der Waals surface area contributed by atoms with E-state index in [4.69, 9.17) is 14.2 Å². The number of unbranched alkanes of at least 4 members (excludes halogenated alkanes) is 37. The summed E-state index contributed by atoms with van der Waals surface area (Å²) in [4.78, 5) is 38.4. The Labute approximate surface area is 490 Å². The van der Waals surface area contributed by atoms with Crippen LogP contribution in [-0.2, 0) is 28.6 Å². The van der Waals surface area contributed by atoms with Gasteiger partial charge < -0.3 is 14.2 Å². The molecule has 1 unspecified atom stereocenters. The molecule has 6 nitrogen and oxygen atoms in total. The largest absolute Gasteiger partial charge is 0.462 e. The van der Waals surface area contributed by atoms with Gasteiger partial charge in [-0.15, -0.1) is 0 Å². The second kappa shape index (κ2) is 67.1. The molecular formula is C73H128O6. The Hall–Kier alpha value is -3.41. The van der Waals surface area contributed by atoms with E-state index in [1.165, 1.54) is 193 Å². The first-order chi connectivity index (χ1) is 39.0. The molecule has 0 aromatic rings. The monoisotopic (exact) mass is 1100 g/mol. The molecule has 0 aliphatic rings. The molecule has 456 valence electrons. The summed E-state index contributed by atoms with van der Waals surface area (Å²) in [6.45, 7) is 6.54. The third-order valence-electron chi connectivity index (χ3n) is 14.9. The molecule has 0 N–H and O–H groups in total. The van der Waals surface area contributed by atoms with Crippen molar-refractivity contribution in [2.45, 2.75) is 348 Å². The van der Waals surface area contributed by atoms with Crippen molar-refractivity contribution >= 4 is 17.9 Å². The highest BCUT2D eigenvalue weighted by Crippen LogP contribution is 2.17. The van der Waals surface area contributed by atoms with Gasteiger partial charge in [-0.25, -0.2) is 0 Å². The van der Waals surface area contributed by atoms with Gasteiger partial charge in [0.2, 0.25) is 0 Å². The van der Waals surface area contributed by atoms with Gasteiger partial charge in [0.25, 0.3) is 0 Å². The van der Waals surface area contributed by atoms with Crippen molar-refractivity contribution in [1.82, 2.24) is 0 Å². The lowest BCUT2D eigenvalue weighted by Gasteiger charge is -2.18. The van der Waals surface area contributed by atoms with Gasteiger partial charge in [0.05, 0.1) is 0 Å². The number of rotatable bonds is 62. The van der Waals surface area contributed by atoms with Crippen LogP contribution in [0.2, 0.25) is 0 Å². The van der Waals surface area contributed by atoms with E-state index in [-0.39, 0.29) is 31.1 Å². The smallest absolute Gasteiger partial charge is 0.306 e. The summed E-state index contributed by atoms with van der Waals surface area (Å²) in [5, 5.41) is 0. The van der Waals surface area contributed by atoms with Crippen molar-refractivity contribution < 1.29 is 28.6 Å². The number of esters is 3. The number of carbonyl (C=O) groups is 3. The minimum atomic E-state index is -0.787. The molecule has 0 bridgehead atoms. The Morgan fingerprint density at radius 3 is 0.785 bits per heavy atom. The van der Waals surface area contributed by atoms with Gasteiger partial charge in [-0.3, -0.25) is 14.4 Å². The lowest BCUT2D eigenvalue weighted by atomic mass is 10.0. The fourth-order valence-corrected chi connectivity index (χ4v) is 9.76. The van der Waals surface area contributed by atoms with Crippen LogP contribution in [0, 0.1) is 0 Å². The molecule has 0 heterocycles.